The number of nitrogens with one attached hydrogen (secondary N) is 1. The minimum atomic E-state index is -0.421. The zero-order valence-electron chi connectivity index (χ0n) is 11.9. The molecule has 1 atom stereocenters. The van der Waals surface area contributed by atoms with Crippen molar-refractivity contribution in [2.75, 3.05) is 18.4 Å². The highest BCUT2D eigenvalue weighted by molar-refractivity contribution is 8.15. The zero-order chi connectivity index (χ0) is 15.5. The number of hydrogen-bond acceptors (Lipinski definition) is 4. The number of amides is 2. The Morgan fingerprint density at radius 1 is 1.41 bits per heavy atom. The summed E-state index contributed by atoms with van der Waals surface area (Å²) in [4.78, 5) is 30.2. The quantitative estimate of drug-likeness (QED) is 0.921. The first kappa shape index (κ1) is 15.4. The van der Waals surface area contributed by atoms with E-state index >= 15 is 0 Å². The predicted molar refractivity (Wildman–Crippen MR) is 89.3 cm³/mol. The molecule has 1 aromatic rings. The highest BCUT2D eigenvalue weighted by atomic mass is 35.5. The maximum absolute atomic E-state index is 12.1. The van der Waals surface area contributed by atoms with Crippen molar-refractivity contribution in [3.05, 3.63) is 29.3 Å². The summed E-state index contributed by atoms with van der Waals surface area (Å²) in [7, 11) is 0. The Labute approximate surface area is 138 Å². The smallest absolute Gasteiger partial charge is 0.262 e. The summed E-state index contributed by atoms with van der Waals surface area (Å²) in [6.07, 6.45) is 2.39. The molecule has 2 amide bonds. The minimum absolute atomic E-state index is 0.122. The Balaban J connectivity index is 1.55. The third kappa shape index (κ3) is 3.62. The first-order valence-corrected chi connectivity index (χ1v) is 8.47. The van der Waals surface area contributed by atoms with E-state index in [9.17, 15) is 9.59 Å². The predicted octanol–water partition coefficient (Wildman–Crippen LogP) is 2.76. The lowest BCUT2D eigenvalue weighted by atomic mass is 10.2. The lowest BCUT2D eigenvalue weighted by Crippen LogP contribution is -2.25. The first-order chi connectivity index (χ1) is 10.6. The first-order valence-electron chi connectivity index (χ1n) is 7.21. The molecule has 1 fully saturated rings. The van der Waals surface area contributed by atoms with Crippen LogP contribution in [0.4, 0.5) is 5.69 Å². The number of benzene rings is 1. The Bertz CT molecular complexity index is 629. The number of anilines is 1. The molecule has 3 rings (SSSR count). The standard InChI is InChI=1S/C15H16ClN3O2S/c16-10-4-3-5-11(8-10)17-13(20)9-12-14(21)18-15(22-12)19-6-1-2-7-19/h3-5,8,12H,1-2,6-7,9H2,(H,17,20)/t12-/m1/s1. The molecule has 0 bridgehead atoms. The normalized spacial score (nSPS) is 21.1. The SMILES string of the molecule is O=C(C[C@H]1SC(N2CCCC2)=NC1=O)Nc1cccc(Cl)c1. The monoisotopic (exact) mass is 337 g/mol. The van der Waals surface area contributed by atoms with Crippen LogP contribution < -0.4 is 5.32 Å². The second kappa shape index (κ2) is 6.71. The van der Waals surface area contributed by atoms with Crippen molar-refractivity contribution in [3.8, 4) is 0 Å². The van der Waals surface area contributed by atoms with Gasteiger partial charge in [-0.2, -0.15) is 4.99 Å². The number of aliphatic imine (C=N–C) groups is 1. The van der Waals surface area contributed by atoms with Crippen LogP contribution in [-0.2, 0) is 9.59 Å². The van der Waals surface area contributed by atoms with Crippen molar-refractivity contribution in [2.45, 2.75) is 24.5 Å². The van der Waals surface area contributed by atoms with Gasteiger partial charge in [0.1, 0.15) is 5.25 Å². The summed E-state index contributed by atoms with van der Waals surface area (Å²) in [6, 6.07) is 6.94. The number of amidine groups is 1. The molecule has 1 saturated heterocycles. The molecule has 1 aromatic carbocycles. The number of halogens is 1. The van der Waals surface area contributed by atoms with Crippen LogP contribution in [-0.4, -0.2) is 40.2 Å². The molecule has 0 radical (unpaired) electrons. The molecule has 0 saturated carbocycles. The van der Waals surface area contributed by atoms with Gasteiger partial charge < -0.3 is 10.2 Å². The lowest BCUT2D eigenvalue weighted by molar-refractivity contribution is -0.121. The van der Waals surface area contributed by atoms with E-state index in [-0.39, 0.29) is 18.2 Å². The molecule has 1 N–H and O–H groups in total. The zero-order valence-corrected chi connectivity index (χ0v) is 13.5. The van der Waals surface area contributed by atoms with Crippen molar-refractivity contribution in [1.82, 2.24) is 4.90 Å². The fraction of sp³-hybridized carbons (Fsp3) is 0.400. The summed E-state index contributed by atoms with van der Waals surface area (Å²) in [5, 5.41) is 3.67. The number of hydrogen-bond donors (Lipinski definition) is 1. The molecule has 2 heterocycles. The van der Waals surface area contributed by atoms with Gasteiger partial charge in [0.25, 0.3) is 5.91 Å². The molecule has 22 heavy (non-hydrogen) atoms. The van der Waals surface area contributed by atoms with Crippen LogP contribution in [0.15, 0.2) is 29.3 Å². The van der Waals surface area contributed by atoms with Crippen LogP contribution in [0.3, 0.4) is 0 Å². The van der Waals surface area contributed by atoms with Crippen LogP contribution in [0, 0.1) is 0 Å². The second-order valence-corrected chi connectivity index (χ2v) is 6.90. The summed E-state index contributed by atoms with van der Waals surface area (Å²) in [5.41, 5.74) is 0.633. The van der Waals surface area contributed by atoms with Crippen molar-refractivity contribution in [1.29, 1.82) is 0 Å². The van der Waals surface area contributed by atoms with Gasteiger partial charge in [-0.3, -0.25) is 9.59 Å². The van der Waals surface area contributed by atoms with Gasteiger partial charge in [-0.05, 0) is 31.0 Å². The van der Waals surface area contributed by atoms with Gasteiger partial charge in [-0.15, -0.1) is 0 Å². The van der Waals surface area contributed by atoms with Crippen molar-refractivity contribution >= 4 is 46.0 Å². The molecule has 2 aliphatic heterocycles. The van der Waals surface area contributed by atoms with Crippen LogP contribution in [0.2, 0.25) is 5.02 Å². The maximum atomic E-state index is 12.1. The van der Waals surface area contributed by atoms with E-state index in [1.807, 2.05) is 0 Å². The minimum Gasteiger partial charge on any atom is -0.351 e. The van der Waals surface area contributed by atoms with Gasteiger partial charge >= 0.3 is 0 Å². The third-order valence-corrected chi connectivity index (χ3v) is 5.03. The van der Waals surface area contributed by atoms with E-state index in [1.165, 1.54) is 11.8 Å². The van der Waals surface area contributed by atoms with E-state index in [0.29, 0.717) is 10.7 Å². The van der Waals surface area contributed by atoms with Gasteiger partial charge in [-0.25, -0.2) is 0 Å². The van der Waals surface area contributed by atoms with E-state index in [2.05, 4.69) is 15.2 Å². The largest absolute Gasteiger partial charge is 0.351 e. The number of rotatable bonds is 3. The molecule has 0 aromatic heterocycles. The number of carbonyl (C=O) groups is 2. The van der Waals surface area contributed by atoms with Gasteiger partial charge in [-0.1, -0.05) is 29.4 Å². The molecule has 2 aliphatic rings. The highest BCUT2D eigenvalue weighted by Gasteiger charge is 2.33. The Kier molecular flexibility index (Phi) is 4.69. The molecule has 7 heteroatoms. The van der Waals surface area contributed by atoms with Gasteiger partial charge in [0.15, 0.2) is 5.17 Å². The molecule has 0 unspecified atom stereocenters. The number of likely N-dealkylation sites (tertiary alicyclic amines) is 1. The van der Waals surface area contributed by atoms with Crippen LogP contribution >= 0.6 is 23.4 Å². The molecule has 116 valence electrons. The summed E-state index contributed by atoms with van der Waals surface area (Å²) in [5.74, 6) is -0.417. The van der Waals surface area contributed by atoms with E-state index in [0.717, 1.165) is 31.1 Å². The van der Waals surface area contributed by atoms with Crippen LogP contribution in [0.25, 0.3) is 0 Å². The van der Waals surface area contributed by atoms with Gasteiger partial charge in [0.05, 0.1) is 0 Å². The lowest BCUT2D eigenvalue weighted by Gasteiger charge is -2.16. The van der Waals surface area contributed by atoms with Gasteiger partial charge in [0, 0.05) is 30.2 Å². The molecule has 0 spiro atoms. The van der Waals surface area contributed by atoms with Crippen molar-refractivity contribution < 1.29 is 9.59 Å². The average molecular weight is 338 g/mol. The summed E-state index contributed by atoms with van der Waals surface area (Å²) < 4.78 is 0. The Morgan fingerprint density at radius 2 is 2.18 bits per heavy atom. The number of carbonyl (C=O) groups excluding carboxylic acids is 2. The highest BCUT2D eigenvalue weighted by Crippen LogP contribution is 2.29. The van der Waals surface area contributed by atoms with Crippen LogP contribution in [0.1, 0.15) is 19.3 Å². The Morgan fingerprint density at radius 3 is 2.91 bits per heavy atom. The topological polar surface area (TPSA) is 61.8 Å². The molecular formula is C15H16ClN3O2S. The number of nitrogens with zero attached hydrogens (tertiary/aromatic N) is 2. The Hall–Kier alpha value is -1.53. The molecule has 5 nitrogen and oxygen atoms in total. The van der Waals surface area contributed by atoms with Gasteiger partial charge in [0.2, 0.25) is 5.91 Å². The van der Waals surface area contributed by atoms with E-state index < -0.39 is 5.25 Å². The summed E-state index contributed by atoms with van der Waals surface area (Å²) >= 11 is 7.28. The van der Waals surface area contributed by atoms with Crippen LogP contribution in [0.5, 0.6) is 0 Å². The van der Waals surface area contributed by atoms with E-state index in [1.54, 1.807) is 24.3 Å². The summed E-state index contributed by atoms with van der Waals surface area (Å²) in [6.45, 7) is 1.89. The molecular weight excluding hydrogens is 322 g/mol. The van der Waals surface area contributed by atoms with E-state index in [4.69, 9.17) is 11.6 Å². The second-order valence-electron chi connectivity index (χ2n) is 5.30. The maximum Gasteiger partial charge on any atom is 0.262 e. The van der Waals surface area contributed by atoms with Crippen molar-refractivity contribution in [2.24, 2.45) is 4.99 Å². The average Bonchev–Trinajstić information content (AvgIpc) is 3.09. The number of thioether (sulfide) groups is 1. The fourth-order valence-electron chi connectivity index (χ4n) is 2.50. The fourth-order valence-corrected chi connectivity index (χ4v) is 3.81. The molecule has 0 aliphatic carbocycles. The van der Waals surface area contributed by atoms with Crippen molar-refractivity contribution in [3.63, 3.8) is 0 Å². The third-order valence-electron chi connectivity index (χ3n) is 3.58.